The van der Waals surface area contributed by atoms with Crippen molar-refractivity contribution >= 4 is 23.7 Å². The van der Waals surface area contributed by atoms with Crippen LogP contribution in [0.4, 0.5) is 4.39 Å². The summed E-state index contributed by atoms with van der Waals surface area (Å²) in [5, 5.41) is 3.92. The molecule has 3 rings (SSSR count). The van der Waals surface area contributed by atoms with E-state index in [4.69, 9.17) is 5.84 Å². The topological polar surface area (TPSA) is 50.7 Å². The number of rotatable bonds is 4. The maximum atomic E-state index is 13.3. The summed E-state index contributed by atoms with van der Waals surface area (Å²) >= 11 is 1.98. The van der Waals surface area contributed by atoms with Gasteiger partial charge in [-0.25, -0.2) is 4.39 Å². The van der Waals surface area contributed by atoms with Gasteiger partial charge in [0.15, 0.2) is 0 Å². The van der Waals surface area contributed by atoms with Gasteiger partial charge in [-0.15, -0.1) is 0 Å². The predicted molar refractivity (Wildman–Crippen MR) is 106 cm³/mol. The van der Waals surface area contributed by atoms with Crippen LogP contribution in [-0.4, -0.2) is 29.5 Å². The van der Waals surface area contributed by atoms with Gasteiger partial charge in [0.2, 0.25) is 0 Å². The van der Waals surface area contributed by atoms with Crippen molar-refractivity contribution in [1.82, 2.24) is 0 Å². The first kappa shape index (κ1) is 17.7. The van der Waals surface area contributed by atoms with Gasteiger partial charge in [0.05, 0.1) is 6.04 Å². The van der Waals surface area contributed by atoms with Gasteiger partial charge in [-0.05, 0) is 66.2 Å². The highest BCUT2D eigenvalue weighted by Crippen LogP contribution is 2.25. The third-order valence-corrected chi connectivity index (χ3v) is 5.44. The highest BCUT2D eigenvalue weighted by molar-refractivity contribution is 7.99. The number of thioether (sulfide) groups is 1. The number of hydrogen-bond donors (Lipinski definition) is 1. The van der Waals surface area contributed by atoms with Crippen molar-refractivity contribution in [1.29, 1.82) is 0 Å². The lowest BCUT2D eigenvalue weighted by molar-refractivity contribution is 0.627. The van der Waals surface area contributed by atoms with Crippen molar-refractivity contribution in [3.63, 3.8) is 0 Å². The molecule has 1 saturated heterocycles. The molecule has 2 N–H and O–H groups in total. The summed E-state index contributed by atoms with van der Waals surface area (Å²) in [5.41, 5.74) is 4.49. The van der Waals surface area contributed by atoms with E-state index in [2.05, 4.69) is 10.1 Å². The van der Waals surface area contributed by atoms with Crippen molar-refractivity contribution in [2.45, 2.75) is 25.8 Å². The molecule has 0 aromatic heterocycles. The number of aliphatic imine (C=N–C) groups is 1. The standard InChI is InChI=1S/C20H22FN3S/c1-14-11-17(21)5-6-19(14)15-3-2-4-16(12-15)20(24-22)13-23-18-7-9-25-10-8-18/h2-6,11-13,18H,7-10,22H2,1H3. The molecule has 0 spiro atoms. The van der Waals surface area contributed by atoms with Gasteiger partial charge in [-0.2, -0.15) is 16.9 Å². The number of hydrogen-bond acceptors (Lipinski definition) is 4. The lowest BCUT2D eigenvalue weighted by Gasteiger charge is -2.17. The van der Waals surface area contributed by atoms with E-state index in [0.717, 1.165) is 46.6 Å². The van der Waals surface area contributed by atoms with E-state index >= 15 is 0 Å². The average Bonchev–Trinajstić information content (AvgIpc) is 2.63. The molecule has 0 unspecified atom stereocenters. The number of nitrogens with two attached hydrogens (primary N) is 1. The Bertz CT molecular complexity index is 795. The molecule has 0 atom stereocenters. The van der Waals surface area contributed by atoms with Gasteiger partial charge in [0.25, 0.3) is 0 Å². The summed E-state index contributed by atoms with van der Waals surface area (Å²) in [6, 6.07) is 13.2. The molecule has 0 amide bonds. The smallest absolute Gasteiger partial charge is 0.123 e. The summed E-state index contributed by atoms with van der Waals surface area (Å²) in [7, 11) is 0. The van der Waals surface area contributed by atoms with E-state index in [-0.39, 0.29) is 5.82 Å². The summed E-state index contributed by atoms with van der Waals surface area (Å²) < 4.78 is 13.3. The minimum atomic E-state index is -0.223. The molecule has 0 bridgehead atoms. The van der Waals surface area contributed by atoms with Crippen LogP contribution in [0, 0.1) is 12.7 Å². The van der Waals surface area contributed by atoms with Crippen LogP contribution >= 0.6 is 11.8 Å². The normalized spacial score (nSPS) is 16.5. The lowest BCUT2D eigenvalue weighted by atomic mass is 9.97. The number of nitrogens with zero attached hydrogens (tertiary/aromatic N) is 2. The first-order valence-electron chi connectivity index (χ1n) is 8.43. The van der Waals surface area contributed by atoms with Crippen molar-refractivity contribution < 1.29 is 4.39 Å². The molecule has 1 fully saturated rings. The molecule has 5 heteroatoms. The zero-order valence-corrected chi connectivity index (χ0v) is 15.1. The van der Waals surface area contributed by atoms with Crippen LogP contribution in [0.2, 0.25) is 0 Å². The third kappa shape index (κ3) is 4.48. The predicted octanol–water partition coefficient (Wildman–Crippen LogP) is 4.43. The van der Waals surface area contributed by atoms with Gasteiger partial charge in [0, 0.05) is 11.8 Å². The van der Waals surface area contributed by atoms with Crippen molar-refractivity contribution in [2.24, 2.45) is 15.9 Å². The van der Waals surface area contributed by atoms with Crippen LogP contribution in [0.5, 0.6) is 0 Å². The molecule has 1 aliphatic rings. The fourth-order valence-electron chi connectivity index (χ4n) is 2.99. The second kappa shape index (κ2) is 8.30. The van der Waals surface area contributed by atoms with Crippen LogP contribution in [-0.2, 0) is 0 Å². The van der Waals surface area contributed by atoms with Crippen LogP contribution < -0.4 is 5.84 Å². The number of halogens is 1. The maximum absolute atomic E-state index is 13.3. The Morgan fingerprint density at radius 3 is 2.72 bits per heavy atom. The molecule has 0 saturated carbocycles. The minimum absolute atomic E-state index is 0.223. The summed E-state index contributed by atoms with van der Waals surface area (Å²) in [5.74, 6) is 7.71. The first-order chi connectivity index (χ1) is 12.2. The van der Waals surface area contributed by atoms with E-state index in [1.54, 1.807) is 18.3 Å². The van der Waals surface area contributed by atoms with Gasteiger partial charge in [-0.3, -0.25) is 4.99 Å². The van der Waals surface area contributed by atoms with Crippen LogP contribution in [0.25, 0.3) is 11.1 Å². The highest BCUT2D eigenvalue weighted by Gasteiger charge is 2.12. The SMILES string of the molecule is Cc1cc(F)ccc1-c1cccc(C(C=NC2CCSCC2)=NN)c1. The molecule has 130 valence electrons. The fourth-order valence-corrected chi connectivity index (χ4v) is 4.07. The van der Waals surface area contributed by atoms with Gasteiger partial charge in [-0.1, -0.05) is 24.3 Å². The zero-order chi connectivity index (χ0) is 17.6. The summed E-state index contributed by atoms with van der Waals surface area (Å²) in [6.07, 6.45) is 4.00. The quantitative estimate of drug-likeness (QED) is 0.501. The number of hydrazone groups is 1. The van der Waals surface area contributed by atoms with E-state index in [1.807, 2.05) is 43.0 Å². The zero-order valence-electron chi connectivity index (χ0n) is 14.3. The van der Waals surface area contributed by atoms with E-state index in [0.29, 0.717) is 11.8 Å². The maximum Gasteiger partial charge on any atom is 0.123 e. The Morgan fingerprint density at radius 1 is 1.20 bits per heavy atom. The van der Waals surface area contributed by atoms with Crippen molar-refractivity contribution in [2.75, 3.05) is 11.5 Å². The molecular formula is C20H22FN3S. The fraction of sp³-hybridized carbons (Fsp3) is 0.300. The van der Waals surface area contributed by atoms with Gasteiger partial charge >= 0.3 is 0 Å². The Balaban J connectivity index is 1.85. The summed E-state index contributed by atoms with van der Waals surface area (Å²) in [4.78, 5) is 4.66. The molecule has 3 nitrogen and oxygen atoms in total. The minimum Gasteiger partial charge on any atom is -0.323 e. The molecule has 2 aromatic rings. The summed E-state index contributed by atoms with van der Waals surface area (Å²) in [6.45, 7) is 1.91. The Morgan fingerprint density at radius 2 is 2.00 bits per heavy atom. The van der Waals surface area contributed by atoms with Gasteiger partial charge < -0.3 is 5.84 Å². The number of benzene rings is 2. The Kier molecular flexibility index (Phi) is 5.87. The van der Waals surface area contributed by atoms with Crippen molar-refractivity contribution in [3.05, 3.63) is 59.4 Å². The molecule has 0 radical (unpaired) electrons. The van der Waals surface area contributed by atoms with E-state index < -0.39 is 0 Å². The Hall–Kier alpha value is -2.14. The lowest BCUT2D eigenvalue weighted by Crippen LogP contribution is -2.15. The van der Waals surface area contributed by atoms with Crippen LogP contribution in [0.15, 0.2) is 52.6 Å². The van der Waals surface area contributed by atoms with Crippen molar-refractivity contribution in [3.8, 4) is 11.1 Å². The largest absolute Gasteiger partial charge is 0.323 e. The number of aryl methyl sites for hydroxylation is 1. The second-order valence-electron chi connectivity index (χ2n) is 6.18. The molecule has 0 aliphatic carbocycles. The molecule has 2 aromatic carbocycles. The van der Waals surface area contributed by atoms with E-state index in [1.165, 1.54) is 6.07 Å². The molecule has 25 heavy (non-hydrogen) atoms. The van der Waals surface area contributed by atoms with Gasteiger partial charge in [0.1, 0.15) is 11.5 Å². The molecular weight excluding hydrogens is 333 g/mol. The highest BCUT2D eigenvalue weighted by atomic mass is 32.2. The van der Waals surface area contributed by atoms with E-state index in [9.17, 15) is 4.39 Å². The monoisotopic (exact) mass is 355 g/mol. The Labute approximate surface area is 152 Å². The first-order valence-corrected chi connectivity index (χ1v) is 9.58. The molecule has 1 heterocycles. The third-order valence-electron chi connectivity index (χ3n) is 4.40. The molecule has 1 aliphatic heterocycles. The van der Waals surface area contributed by atoms with Crippen LogP contribution in [0.1, 0.15) is 24.0 Å². The van der Waals surface area contributed by atoms with Crippen LogP contribution in [0.3, 0.4) is 0 Å². The second-order valence-corrected chi connectivity index (χ2v) is 7.40. The average molecular weight is 355 g/mol.